The summed E-state index contributed by atoms with van der Waals surface area (Å²) in [5.74, 6) is 2.87. The third-order valence-electron chi connectivity index (χ3n) is 4.19. The molecule has 0 spiro atoms. The minimum atomic E-state index is 0.799. The monoisotopic (exact) mass is 196 g/mol. The van der Waals surface area contributed by atoms with E-state index >= 15 is 0 Å². The molecule has 14 heavy (non-hydrogen) atoms. The highest BCUT2D eigenvalue weighted by atomic mass is 15.2. The first-order valence-corrected chi connectivity index (χ1v) is 6.13. The molecule has 2 nitrogen and oxygen atoms in total. The third kappa shape index (κ3) is 2.12. The zero-order valence-electron chi connectivity index (χ0n) is 9.79. The predicted octanol–water partition coefficient (Wildman–Crippen LogP) is 1.57. The fraction of sp³-hybridized carbons (Fsp3) is 1.00. The smallest absolute Gasteiger partial charge is 0.0257 e. The van der Waals surface area contributed by atoms with E-state index in [2.05, 4.69) is 31.1 Å². The maximum absolute atomic E-state index is 3.52. The minimum Gasteiger partial charge on any atom is -0.315 e. The fourth-order valence-corrected chi connectivity index (χ4v) is 2.81. The van der Waals surface area contributed by atoms with Gasteiger partial charge in [0.2, 0.25) is 0 Å². The average molecular weight is 196 g/mol. The predicted molar refractivity (Wildman–Crippen MR) is 60.3 cm³/mol. The second kappa shape index (κ2) is 4.19. The Morgan fingerprint density at radius 3 is 2.57 bits per heavy atom. The van der Waals surface area contributed by atoms with Gasteiger partial charge in [-0.2, -0.15) is 0 Å². The van der Waals surface area contributed by atoms with Crippen LogP contribution in [0.5, 0.6) is 0 Å². The summed E-state index contributed by atoms with van der Waals surface area (Å²) < 4.78 is 0. The van der Waals surface area contributed by atoms with Crippen LogP contribution in [0.1, 0.15) is 26.7 Å². The van der Waals surface area contributed by atoms with Gasteiger partial charge in [-0.15, -0.1) is 0 Å². The molecule has 0 amide bonds. The molecule has 1 aliphatic heterocycles. The van der Waals surface area contributed by atoms with Gasteiger partial charge in [0.1, 0.15) is 0 Å². The molecule has 2 rings (SSSR count). The van der Waals surface area contributed by atoms with E-state index in [-0.39, 0.29) is 0 Å². The van der Waals surface area contributed by atoms with E-state index < -0.39 is 0 Å². The first-order valence-electron chi connectivity index (χ1n) is 6.13. The summed E-state index contributed by atoms with van der Waals surface area (Å²) in [4.78, 5) is 2.60. The van der Waals surface area contributed by atoms with E-state index in [0.717, 1.165) is 23.8 Å². The van der Waals surface area contributed by atoms with E-state index in [9.17, 15) is 0 Å². The number of hydrogen-bond acceptors (Lipinski definition) is 2. The summed E-state index contributed by atoms with van der Waals surface area (Å²) in [7, 11) is 2.31. The van der Waals surface area contributed by atoms with Gasteiger partial charge in [0.25, 0.3) is 0 Å². The average Bonchev–Trinajstić information content (AvgIpc) is 2.72. The molecule has 1 heterocycles. The van der Waals surface area contributed by atoms with Gasteiger partial charge in [0, 0.05) is 19.1 Å². The zero-order valence-corrected chi connectivity index (χ0v) is 9.79. The van der Waals surface area contributed by atoms with Crippen LogP contribution in [0.25, 0.3) is 0 Å². The van der Waals surface area contributed by atoms with E-state index in [0.29, 0.717) is 0 Å². The van der Waals surface area contributed by atoms with E-state index in [1.165, 1.54) is 32.5 Å². The molecule has 0 aromatic heterocycles. The molecule has 4 atom stereocenters. The van der Waals surface area contributed by atoms with E-state index in [1.54, 1.807) is 0 Å². The van der Waals surface area contributed by atoms with Gasteiger partial charge in [-0.3, -0.25) is 0 Å². The van der Waals surface area contributed by atoms with Gasteiger partial charge in [-0.1, -0.05) is 20.3 Å². The number of nitrogens with zero attached hydrogens (tertiary/aromatic N) is 1. The van der Waals surface area contributed by atoms with Crippen molar-refractivity contribution < 1.29 is 0 Å². The lowest BCUT2D eigenvalue weighted by Gasteiger charge is -2.28. The van der Waals surface area contributed by atoms with Gasteiger partial charge in [-0.25, -0.2) is 0 Å². The van der Waals surface area contributed by atoms with Crippen LogP contribution < -0.4 is 5.32 Å². The van der Waals surface area contributed by atoms with Crippen molar-refractivity contribution in [3.05, 3.63) is 0 Å². The van der Waals surface area contributed by atoms with Gasteiger partial charge in [0.15, 0.2) is 0 Å². The summed E-state index contributed by atoms with van der Waals surface area (Å²) in [6.07, 6.45) is 2.78. The minimum absolute atomic E-state index is 0.799. The molecule has 1 saturated carbocycles. The van der Waals surface area contributed by atoms with Crippen LogP contribution in [-0.2, 0) is 0 Å². The first-order chi connectivity index (χ1) is 6.72. The molecule has 2 fully saturated rings. The van der Waals surface area contributed by atoms with Crippen molar-refractivity contribution >= 4 is 0 Å². The third-order valence-corrected chi connectivity index (χ3v) is 4.19. The lowest BCUT2D eigenvalue weighted by Crippen LogP contribution is -2.39. The van der Waals surface area contributed by atoms with Crippen molar-refractivity contribution in [1.29, 1.82) is 0 Å². The van der Waals surface area contributed by atoms with Crippen LogP contribution in [-0.4, -0.2) is 37.6 Å². The molecular weight excluding hydrogens is 172 g/mol. The van der Waals surface area contributed by atoms with Gasteiger partial charge < -0.3 is 10.2 Å². The molecule has 1 saturated heterocycles. The van der Waals surface area contributed by atoms with E-state index in [1.807, 2.05) is 0 Å². The SMILES string of the molecule is CCC1CNCC1N(C)CC1CC1C. The Kier molecular flexibility index (Phi) is 3.13. The summed E-state index contributed by atoms with van der Waals surface area (Å²) in [5, 5.41) is 3.52. The molecule has 0 radical (unpaired) electrons. The number of hydrogen-bond donors (Lipinski definition) is 1. The van der Waals surface area contributed by atoms with Crippen LogP contribution >= 0.6 is 0 Å². The van der Waals surface area contributed by atoms with E-state index in [4.69, 9.17) is 0 Å². The van der Waals surface area contributed by atoms with Crippen molar-refractivity contribution in [3.8, 4) is 0 Å². The lowest BCUT2D eigenvalue weighted by atomic mass is 9.99. The first kappa shape index (κ1) is 10.4. The quantitative estimate of drug-likeness (QED) is 0.734. The molecular formula is C12H24N2. The van der Waals surface area contributed by atoms with Crippen molar-refractivity contribution in [2.75, 3.05) is 26.7 Å². The molecule has 2 heteroatoms. The Hall–Kier alpha value is -0.0800. The zero-order chi connectivity index (χ0) is 10.1. The fourth-order valence-electron chi connectivity index (χ4n) is 2.81. The molecule has 0 aromatic rings. The maximum Gasteiger partial charge on any atom is 0.0257 e. The van der Waals surface area contributed by atoms with Crippen LogP contribution in [0.15, 0.2) is 0 Å². The van der Waals surface area contributed by atoms with Crippen molar-refractivity contribution in [2.24, 2.45) is 17.8 Å². The summed E-state index contributed by atoms with van der Waals surface area (Å²) in [5.41, 5.74) is 0. The lowest BCUT2D eigenvalue weighted by molar-refractivity contribution is 0.198. The molecule has 82 valence electrons. The van der Waals surface area contributed by atoms with Gasteiger partial charge in [-0.05, 0) is 37.8 Å². The van der Waals surface area contributed by atoms with Crippen molar-refractivity contribution in [1.82, 2.24) is 10.2 Å². The molecule has 1 N–H and O–H groups in total. The van der Waals surface area contributed by atoms with Gasteiger partial charge >= 0.3 is 0 Å². The number of nitrogens with one attached hydrogen (secondary N) is 1. The Morgan fingerprint density at radius 2 is 2.00 bits per heavy atom. The van der Waals surface area contributed by atoms with Crippen molar-refractivity contribution in [2.45, 2.75) is 32.7 Å². The molecule has 1 aliphatic carbocycles. The topological polar surface area (TPSA) is 15.3 Å². The van der Waals surface area contributed by atoms with Crippen LogP contribution in [0.2, 0.25) is 0 Å². The highest BCUT2D eigenvalue weighted by Gasteiger charge is 2.36. The number of rotatable bonds is 4. The molecule has 2 aliphatic rings. The largest absolute Gasteiger partial charge is 0.315 e. The van der Waals surface area contributed by atoms with Crippen LogP contribution in [0.4, 0.5) is 0 Å². The highest BCUT2D eigenvalue weighted by Crippen LogP contribution is 2.38. The van der Waals surface area contributed by atoms with Crippen molar-refractivity contribution in [3.63, 3.8) is 0 Å². The molecule has 4 unspecified atom stereocenters. The molecule has 0 bridgehead atoms. The Bertz CT molecular complexity index is 193. The Balaban J connectivity index is 1.80. The second-order valence-electron chi connectivity index (χ2n) is 5.31. The van der Waals surface area contributed by atoms with Crippen LogP contribution in [0, 0.1) is 17.8 Å². The van der Waals surface area contributed by atoms with Gasteiger partial charge in [0.05, 0.1) is 0 Å². The summed E-state index contributed by atoms with van der Waals surface area (Å²) >= 11 is 0. The normalized spacial score (nSPS) is 42.0. The Labute approximate surface area is 88.1 Å². The maximum atomic E-state index is 3.52. The second-order valence-corrected chi connectivity index (χ2v) is 5.31. The standard InChI is InChI=1S/C12H24N2/c1-4-10-6-13-7-12(10)14(3)8-11-5-9(11)2/h9-13H,4-8H2,1-3H3. The summed E-state index contributed by atoms with van der Waals surface area (Å²) in [6.45, 7) is 8.45. The van der Waals surface area contributed by atoms with Crippen LogP contribution in [0.3, 0.4) is 0 Å². The molecule has 0 aromatic carbocycles. The highest BCUT2D eigenvalue weighted by molar-refractivity contribution is 4.91. The summed E-state index contributed by atoms with van der Waals surface area (Å²) in [6, 6.07) is 0.799. The number of likely N-dealkylation sites (N-methyl/N-ethyl adjacent to an activating group) is 1. The Morgan fingerprint density at radius 1 is 1.29 bits per heavy atom.